The SMILES string of the molecule is CN(C)CC(c1ccc(O)cc1)C1(O)CCCCC1.CNCC(c1ccc(OC)cc1)C1(O)CCCCC1.COc1ccc(C(CN(C)C)C2(O)CCCCC2)cc1.Cc1ccc(C(=O)Oc2ccc(C(CN(C)C)C3(O)CCCCC3)cc2)cc1.[HH]. The Labute approximate surface area is 518 Å². The second kappa shape index (κ2) is 33.8. The minimum absolute atomic E-state index is 0. The van der Waals surface area contributed by atoms with Crippen molar-refractivity contribution in [2.24, 2.45) is 0 Å². The molecule has 0 heterocycles. The van der Waals surface area contributed by atoms with Crippen molar-refractivity contribution in [3.05, 3.63) is 155 Å². The fourth-order valence-corrected chi connectivity index (χ4v) is 13.7. The Morgan fingerprint density at radius 3 is 1.01 bits per heavy atom. The molecule has 4 saturated carbocycles. The van der Waals surface area contributed by atoms with E-state index in [0.29, 0.717) is 11.3 Å². The number of phenols is 1. The highest BCUT2D eigenvalue weighted by atomic mass is 16.5. The summed E-state index contributed by atoms with van der Waals surface area (Å²) in [5, 5.41) is 57.0. The second-order valence-electron chi connectivity index (χ2n) is 26.2. The predicted octanol–water partition coefficient (Wildman–Crippen LogP) is 13.3. The quantitative estimate of drug-likeness (QED) is 0.0322. The Hall–Kier alpha value is -5.35. The Kier molecular flexibility index (Phi) is 27.5. The first-order valence-corrected chi connectivity index (χ1v) is 32.1. The van der Waals surface area contributed by atoms with Crippen molar-refractivity contribution >= 4 is 5.97 Å². The summed E-state index contributed by atoms with van der Waals surface area (Å²) in [6.07, 6.45) is 20.9. The van der Waals surface area contributed by atoms with Crippen molar-refractivity contribution in [1.29, 1.82) is 0 Å². The molecule has 13 heteroatoms. The van der Waals surface area contributed by atoms with Crippen LogP contribution in [0.2, 0.25) is 0 Å². The number of nitrogens with one attached hydrogen (secondary N) is 1. The fraction of sp³-hybridized carbons (Fsp3) is 0.575. The summed E-state index contributed by atoms with van der Waals surface area (Å²) in [7, 11) is 17.6. The summed E-state index contributed by atoms with van der Waals surface area (Å²) < 4.78 is 15.9. The molecule has 86 heavy (non-hydrogen) atoms. The lowest BCUT2D eigenvalue weighted by Gasteiger charge is -2.40. The van der Waals surface area contributed by atoms with Gasteiger partial charge in [-0.2, -0.15) is 0 Å². The number of methoxy groups -OCH3 is 2. The normalized spacial score (nSPS) is 19.2. The van der Waals surface area contributed by atoms with E-state index in [-0.39, 0.29) is 36.8 Å². The van der Waals surface area contributed by atoms with Gasteiger partial charge >= 0.3 is 5.97 Å². The van der Waals surface area contributed by atoms with Gasteiger partial charge in [0.05, 0.1) is 42.2 Å². The molecular weight excluding hydrogens is 1080 g/mol. The van der Waals surface area contributed by atoms with Crippen LogP contribution in [0.4, 0.5) is 0 Å². The molecule has 0 aliphatic heterocycles. The van der Waals surface area contributed by atoms with Crippen LogP contribution in [0.25, 0.3) is 0 Å². The third-order valence-corrected chi connectivity index (χ3v) is 18.6. The van der Waals surface area contributed by atoms with Gasteiger partial charge in [-0.1, -0.05) is 143 Å². The van der Waals surface area contributed by atoms with Gasteiger partial charge in [-0.05, 0) is 191 Å². The molecule has 0 spiro atoms. The molecule has 13 nitrogen and oxygen atoms in total. The van der Waals surface area contributed by atoms with Gasteiger partial charge in [0.2, 0.25) is 0 Å². The fourth-order valence-electron chi connectivity index (χ4n) is 13.7. The maximum absolute atomic E-state index is 12.3. The van der Waals surface area contributed by atoms with E-state index in [9.17, 15) is 30.3 Å². The Balaban J connectivity index is 0.000000214. The molecule has 4 aliphatic carbocycles. The zero-order chi connectivity index (χ0) is 62.3. The number of hydrogen-bond donors (Lipinski definition) is 6. The van der Waals surface area contributed by atoms with E-state index in [1.807, 2.05) is 115 Å². The maximum Gasteiger partial charge on any atom is 0.343 e. The highest BCUT2D eigenvalue weighted by Crippen LogP contribution is 2.44. The number of nitrogens with zero attached hydrogens (tertiary/aromatic N) is 3. The van der Waals surface area contributed by atoms with Crippen LogP contribution in [0.15, 0.2) is 121 Å². The lowest BCUT2D eigenvalue weighted by atomic mass is 9.72. The van der Waals surface area contributed by atoms with Crippen LogP contribution >= 0.6 is 0 Å². The highest BCUT2D eigenvalue weighted by molar-refractivity contribution is 5.91. The Bertz CT molecular complexity index is 2700. The van der Waals surface area contributed by atoms with E-state index in [0.717, 1.165) is 157 Å². The van der Waals surface area contributed by atoms with Gasteiger partial charge in [0.15, 0.2) is 0 Å². The first kappa shape index (κ1) is 69.7. The molecule has 4 unspecified atom stereocenters. The lowest BCUT2D eigenvalue weighted by molar-refractivity contribution is -0.0280. The number of likely N-dealkylation sites (N-methyl/N-ethyl adjacent to an activating group) is 4. The third kappa shape index (κ3) is 20.6. The predicted molar refractivity (Wildman–Crippen MR) is 351 cm³/mol. The number of aliphatic hydroxyl groups is 4. The largest absolute Gasteiger partial charge is 0.508 e. The van der Waals surface area contributed by atoms with Crippen molar-refractivity contribution < 1.29 is 46.0 Å². The second-order valence-corrected chi connectivity index (χ2v) is 26.2. The number of aryl methyl sites for hydroxylation is 1. The molecule has 5 aromatic carbocycles. The third-order valence-electron chi connectivity index (χ3n) is 18.6. The summed E-state index contributed by atoms with van der Waals surface area (Å²) in [4.78, 5) is 18.7. The van der Waals surface area contributed by atoms with Gasteiger partial charge < -0.3 is 59.8 Å². The molecule has 4 aliphatic rings. The number of esters is 1. The van der Waals surface area contributed by atoms with Gasteiger partial charge in [0, 0.05) is 51.3 Å². The van der Waals surface area contributed by atoms with Gasteiger partial charge in [0.1, 0.15) is 23.0 Å². The molecule has 0 amide bonds. The highest BCUT2D eigenvalue weighted by Gasteiger charge is 2.42. The number of phenolic OH excluding ortho intramolecular Hbond substituents is 1. The number of rotatable bonds is 20. The van der Waals surface area contributed by atoms with Crippen LogP contribution in [0.3, 0.4) is 0 Å². The van der Waals surface area contributed by atoms with Crippen LogP contribution in [0.5, 0.6) is 23.0 Å². The van der Waals surface area contributed by atoms with E-state index in [1.165, 1.54) is 36.8 Å². The number of carbonyl (C=O) groups excluding carboxylic acids is 1. The monoisotopic (exact) mass is 1190 g/mol. The van der Waals surface area contributed by atoms with Gasteiger partial charge in [-0.3, -0.25) is 0 Å². The number of hydrogen-bond acceptors (Lipinski definition) is 13. The van der Waals surface area contributed by atoms with Crippen LogP contribution in [-0.4, -0.2) is 158 Å². The van der Waals surface area contributed by atoms with Crippen molar-refractivity contribution in [3.63, 3.8) is 0 Å². The average molecular weight is 1190 g/mol. The summed E-state index contributed by atoms with van der Waals surface area (Å²) in [5.41, 5.74) is 3.88. The van der Waals surface area contributed by atoms with Crippen molar-refractivity contribution in [2.75, 3.05) is 89.7 Å². The lowest BCUT2D eigenvalue weighted by Crippen LogP contribution is -2.42. The van der Waals surface area contributed by atoms with Crippen LogP contribution < -0.4 is 19.5 Å². The molecule has 0 saturated heterocycles. The van der Waals surface area contributed by atoms with E-state index >= 15 is 0 Å². The molecule has 0 bridgehead atoms. The summed E-state index contributed by atoms with van der Waals surface area (Å²) in [6.45, 7) is 5.30. The Morgan fingerprint density at radius 1 is 0.442 bits per heavy atom. The van der Waals surface area contributed by atoms with Gasteiger partial charge in [-0.25, -0.2) is 4.79 Å². The first-order valence-electron chi connectivity index (χ1n) is 32.1. The molecule has 5 aromatic rings. The number of benzene rings is 5. The Morgan fingerprint density at radius 2 is 0.721 bits per heavy atom. The van der Waals surface area contributed by atoms with E-state index in [4.69, 9.17) is 14.2 Å². The molecule has 4 fully saturated rings. The molecule has 9 rings (SSSR count). The summed E-state index contributed by atoms with van der Waals surface area (Å²) in [5.74, 6) is 2.66. The number of carbonyl (C=O) groups is 1. The topological polar surface area (TPSA) is 168 Å². The average Bonchev–Trinajstić information content (AvgIpc) is 3.50. The van der Waals surface area contributed by atoms with E-state index < -0.39 is 22.4 Å². The number of ether oxygens (including phenoxy) is 3. The van der Waals surface area contributed by atoms with Crippen molar-refractivity contribution in [2.45, 2.75) is 181 Å². The molecule has 0 radical (unpaired) electrons. The van der Waals surface area contributed by atoms with Crippen LogP contribution in [0, 0.1) is 6.92 Å². The van der Waals surface area contributed by atoms with Crippen LogP contribution in [0.1, 0.15) is 192 Å². The molecule has 476 valence electrons. The minimum atomic E-state index is -0.664. The standard InChI is InChI=1S/C24H31NO3.C17H27NO2.2C16H25NO2.H2/c1-18-7-9-20(10-8-18)23(26)28-21-13-11-19(12-14-21)22(17-25(2)3)24(27)15-5-4-6-16-24;1-18(2)13-16(17(19)11-5-4-6-12-17)14-7-9-15(20-3)10-8-14;1-17-12-15(16(18)10-4-3-5-11-16)13-6-8-14(19-2)9-7-13;1-17(2)12-15(13-6-8-14(18)9-7-13)16(19)10-4-3-5-11-16;/h7-14,22,27H,4-6,15-17H2,1-3H3;7-10,16,19H,4-6,11-13H2,1-3H3;6-9,15,17-18H,3-5,10-12H2,1-2H3;6-9,15,18-19H,3-5,10-12H2,1-2H3;1H. The van der Waals surface area contributed by atoms with Crippen molar-refractivity contribution in [3.8, 4) is 23.0 Å². The smallest absolute Gasteiger partial charge is 0.343 e. The van der Waals surface area contributed by atoms with Crippen molar-refractivity contribution in [1.82, 2.24) is 20.0 Å². The zero-order valence-corrected chi connectivity index (χ0v) is 54.0. The van der Waals surface area contributed by atoms with Gasteiger partial charge in [0.25, 0.3) is 0 Å². The minimum Gasteiger partial charge on any atom is -0.508 e. The van der Waals surface area contributed by atoms with E-state index in [2.05, 4.69) is 58.4 Å². The zero-order valence-electron chi connectivity index (χ0n) is 54.0. The van der Waals surface area contributed by atoms with E-state index in [1.54, 1.807) is 38.5 Å². The number of aromatic hydroxyl groups is 1. The maximum atomic E-state index is 12.3. The summed E-state index contributed by atoms with van der Waals surface area (Å²) in [6, 6.07) is 38.6. The van der Waals surface area contributed by atoms with Gasteiger partial charge in [-0.15, -0.1) is 0 Å². The van der Waals surface area contributed by atoms with Crippen LogP contribution in [-0.2, 0) is 0 Å². The first-order chi connectivity index (χ1) is 41.1. The molecular formula is C73H110N4O9. The molecule has 0 aromatic heterocycles. The molecule has 6 N–H and O–H groups in total. The molecule has 4 atom stereocenters. The summed E-state index contributed by atoms with van der Waals surface area (Å²) >= 11 is 0.